The Kier molecular flexibility index (Phi) is 7.07. The van der Waals surface area contributed by atoms with E-state index < -0.39 is 5.97 Å². The summed E-state index contributed by atoms with van der Waals surface area (Å²) in [4.78, 5) is 25.1. The van der Waals surface area contributed by atoms with Crippen molar-refractivity contribution in [2.75, 3.05) is 11.9 Å². The number of hydrogen-bond acceptors (Lipinski definition) is 4. The number of benzene rings is 2. The second kappa shape index (κ2) is 9.72. The van der Waals surface area contributed by atoms with E-state index in [9.17, 15) is 9.59 Å². The highest BCUT2D eigenvalue weighted by Gasteiger charge is 2.22. The molecule has 0 saturated heterocycles. The summed E-state index contributed by atoms with van der Waals surface area (Å²) in [5.41, 5.74) is 4.23. The van der Waals surface area contributed by atoms with Gasteiger partial charge in [-0.15, -0.1) is 11.3 Å². The molecule has 0 spiro atoms. The minimum atomic E-state index is -0.451. The molecule has 0 unspecified atom stereocenters. The summed E-state index contributed by atoms with van der Waals surface area (Å²) in [7, 11) is 0. The van der Waals surface area contributed by atoms with Crippen molar-refractivity contribution in [2.45, 2.75) is 26.7 Å². The lowest BCUT2D eigenvalue weighted by atomic mass is 10.0. The van der Waals surface area contributed by atoms with E-state index >= 15 is 0 Å². The zero-order valence-electron chi connectivity index (χ0n) is 16.3. The van der Waals surface area contributed by atoms with Crippen LogP contribution < -0.4 is 5.32 Å². The van der Waals surface area contributed by atoms with Gasteiger partial charge in [0.2, 0.25) is 5.91 Å². The molecule has 1 aromatic heterocycles. The van der Waals surface area contributed by atoms with E-state index in [0.29, 0.717) is 28.4 Å². The number of anilines is 1. The molecule has 2 aromatic carbocycles. The molecular formula is C23H22ClNO3S. The van der Waals surface area contributed by atoms with Gasteiger partial charge in [-0.2, -0.15) is 0 Å². The predicted molar refractivity (Wildman–Crippen MR) is 119 cm³/mol. The Labute approximate surface area is 179 Å². The average molecular weight is 428 g/mol. The van der Waals surface area contributed by atoms with Gasteiger partial charge >= 0.3 is 5.97 Å². The lowest BCUT2D eigenvalue weighted by Crippen LogP contribution is -2.15. The average Bonchev–Trinajstić information content (AvgIpc) is 3.12. The summed E-state index contributed by atoms with van der Waals surface area (Å²) in [6.45, 7) is 4.05. The van der Waals surface area contributed by atoms with Crippen LogP contribution in [-0.2, 0) is 16.0 Å². The Balaban J connectivity index is 1.78. The first kappa shape index (κ1) is 21.1. The largest absolute Gasteiger partial charge is 0.462 e. The minimum absolute atomic E-state index is 0.138. The third-order valence-corrected chi connectivity index (χ3v) is 5.59. The molecule has 6 heteroatoms. The Morgan fingerprint density at radius 3 is 2.41 bits per heavy atom. The molecular weight excluding hydrogens is 406 g/mol. The number of carbonyl (C=O) groups is 2. The molecule has 1 N–H and O–H groups in total. The van der Waals surface area contributed by atoms with E-state index in [2.05, 4.69) is 5.32 Å². The van der Waals surface area contributed by atoms with Crippen LogP contribution in [0.5, 0.6) is 0 Å². The van der Waals surface area contributed by atoms with Gasteiger partial charge in [0.25, 0.3) is 0 Å². The summed E-state index contributed by atoms with van der Waals surface area (Å²) in [5.74, 6) is -0.590. The van der Waals surface area contributed by atoms with Gasteiger partial charge in [0.15, 0.2) is 0 Å². The van der Waals surface area contributed by atoms with Gasteiger partial charge < -0.3 is 10.1 Å². The first-order valence-electron chi connectivity index (χ1n) is 9.38. The van der Waals surface area contributed by atoms with Crippen molar-refractivity contribution in [2.24, 2.45) is 0 Å². The van der Waals surface area contributed by atoms with Crippen LogP contribution in [0.1, 0.15) is 34.8 Å². The number of carbonyl (C=O) groups excluding carboxylic acids is 2. The number of esters is 1. The van der Waals surface area contributed by atoms with Crippen LogP contribution in [0.2, 0.25) is 5.02 Å². The fourth-order valence-corrected chi connectivity index (χ4v) is 4.00. The summed E-state index contributed by atoms with van der Waals surface area (Å²) < 4.78 is 5.23. The highest BCUT2D eigenvalue weighted by molar-refractivity contribution is 7.15. The Hall–Kier alpha value is -2.63. The summed E-state index contributed by atoms with van der Waals surface area (Å²) in [6, 6.07) is 15.3. The number of nitrogens with one attached hydrogen (secondary N) is 1. The van der Waals surface area contributed by atoms with Gasteiger partial charge in [0.1, 0.15) is 10.6 Å². The molecule has 1 amide bonds. The number of thiophene rings is 1. The quantitative estimate of drug-likeness (QED) is 0.462. The molecule has 1 heterocycles. The molecule has 0 fully saturated rings. The lowest BCUT2D eigenvalue weighted by Gasteiger charge is -2.09. The Morgan fingerprint density at radius 1 is 1.07 bits per heavy atom. The number of halogens is 1. The second-order valence-corrected chi connectivity index (χ2v) is 7.93. The summed E-state index contributed by atoms with van der Waals surface area (Å²) >= 11 is 7.29. The molecule has 0 atom stereocenters. The van der Waals surface area contributed by atoms with Crippen molar-refractivity contribution in [1.82, 2.24) is 0 Å². The van der Waals surface area contributed by atoms with Crippen molar-refractivity contribution in [3.05, 3.63) is 75.6 Å². The molecule has 150 valence electrons. The summed E-state index contributed by atoms with van der Waals surface area (Å²) in [6.07, 6.45) is 0.968. The molecule has 0 aliphatic carbocycles. The number of aryl methyl sites for hydroxylation is 2. The molecule has 3 aromatic rings. The van der Waals surface area contributed by atoms with Gasteiger partial charge in [-0.05, 0) is 43.5 Å². The van der Waals surface area contributed by atoms with E-state index in [1.54, 1.807) is 19.1 Å². The molecule has 0 saturated carbocycles. The van der Waals surface area contributed by atoms with E-state index in [1.165, 1.54) is 16.9 Å². The standard InChI is InChI=1S/C23H22ClNO3S/c1-3-28-23(27)21-19(17-9-11-18(24)12-10-17)14-29-22(21)25-20(26)13-8-16-6-4-15(2)5-7-16/h4-7,9-12,14H,3,8,13H2,1-2H3,(H,25,26). The fourth-order valence-electron chi connectivity index (χ4n) is 2.90. The van der Waals surface area contributed by atoms with Crippen molar-refractivity contribution in [3.8, 4) is 11.1 Å². The van der Waals surface area contributed by atoms with Crippen molar-refractivity contribution in [1.29, 1.82) is 0 Å². The number of rotatable bonds is 7. The van der Waals surface area contributed by atoms with E-state index in [4.69, 9.17) is 16.3 Å². The highest BCUT2D eigenvalue weighted by Crippen LogP contribution is 2.36. The van der Waals surface area contributed by atoms with E-state index in [1.807, 2.05) is 48.7 Å². The van der Waals surface area contributed by atoms with E-state index in [-0.39, 0.29) is 12.5 Å². The smallest absolute Gasteiger partial charge is 0.341 e. The third-order valence-electron chi connectivity index (χ3n) is 4.44. The maximum atomic E-state index is 12.6. The molecule has 3 rings (SSSR count). The van der Waals surface area contributed by atoms with Crippen LogP contribution >= 0.6 is 22.9 Å². The topological polar surface area (TPSA) is 55.4 Å². The van der Waals surface area contributed by atoms with Crippen LogP contribution in [-0.4, -0.2) is 18.5 Å². The van der Waals surface area contributed by atoms with Crippen LogP contribution in [0.3, 0.4) is 0 Å². The number of amides is 1. The lowest BCUT2D eigenvalue weighted by molar-refractivity contribution is -0.116. The fraction of sp³-hybridized carbons (Fsp3) is 0.217. The van der Waals surface area contributed by atoms with Gasteiger partial charge in [-0.1, -0.05) is 53.6 Å². The Morgan fingerprint density at radius 2 is 1.76 bits per heavy atom. The molecule has 0 radical (unpaired) electrons. The van der Waals surface area contributed by atoms with Gasteiger partial charge in [0, 0.05) is 22.4 Å². The van der Waals surface area contributed by atoms with Gasteiger partial charge in [0.05, 0.1) is 6.61 Å². The Bertz CT molecular complexity index is 994. The van der Waals surface area contributed by atoms with Crippen LogP contribution in [0, 0.1) is 6.92 Å². The van der Waals surface area contributed by atoms with Gasteiger partial charge in [-0.3, -0.25) is 4.79 Å². The highest BCUT2D eigenvalue weighted by atomic mass is 35.5. The molecule has 0 bridgehead atoms. The van der Waals surface area contributed by atoms with E-state index in [0.717, 1.165) is 16.7 Å². The molecule has 29 heavy (non-hydrogen) atoms. The minimum Gasteiger partial charge on any atom is -0.462 e. The SMILES string of the molecule is CCOC(=O)c1c(-c2ccc(Cl)cc2)csc1NC(=O)CCc1ccc(C)cc1. The van der Waals surface area contributed by atoms with Gasteiger partial charge in [-0.25, -0.2) is 4.79 Å². The van der Waals surface area contributed by atoms with Crippen LogP contribution in [0.4, 0.5) is 5.00 Å². The number of hydrogen-bond donors (Lipinski definition) is 1. The third kappa shape index (κ3) is 5.46. The zero-order valence-corrected chi connectivity index (χ0v) is 17.9. The first-order chi connectivity index (χ1) is 14.0. The number of ether oxygens (including phenoxy) is 1. The second-order valence-electron chi connectivity index (χ2n) is 6.61. The maximum Gasteiger partial charge on any atom is 0.341 e. The predicted octanol–water partition coefficient (Wildman–Crippen LogP) is 6.12. The first-order valence-corrected chi connectivity index (χ1v) is 10.6. The monoisotopic (exact) mass is 427 g/mol. The van der Waals surface area contributed by atoms with Crippen LogP contribution in [0.25, 0.3) is 11.1 Å². The van der Waals surface area contributed by atoms with Crippen molar-refractivity contribution < 1.29 is 14.3 Å². The normalized spacial score (nSPS) is 10.6. The summed E-state index contributed by atoms with van der Waals surface area (Å²) in [5, 5.41) is 5.86. The molecule has 4 nitrogen and oxygen atoms in total. The van der Waals surface area contributed by atoms with Crippen molar-refractivity contribution >= 4 is 39.8 Å². The zero-order chi connectivity index (χ0) is 20.8. The van der Waals surface area contributed by atoms with Crippen LogP contribution in [0.15, 0.2) is 53.9 Å². The molecule has 0 aliphatic rings. The maximum absolute atomic E-state index is 12.6. The van der Waals surface area contributed by atoms with Crippen molar-refractivity contribution in [3.63, 3.8) is 0 Å². The molecule has 0 aliphatic heterocycles.